The smallest absolute Gasteiger partial charge is 0.175 e. The van der Waals surface area contributed by atoms with Crippen LogP contribution in [0.25, 0.3) is 11.3 Å². The molecule has 2 aliphatic heterocycles. The maximum absolute atomic E-state index is 17.0. The topological polar surface area (TPSA) is 60.7 Å². The molecule has 0 bridgehead atoms. The Morgan fingerprint density at radius 1 is 1.15 bits per heavy atom. The first-order valence-corrected chi connectivity index (χ1v) is 20.1. The molecule has 4 aliphatic rings. The fourth-order valence-electron chi connectivity index (χ4n) is 9.28. The van der Waals surface area contributed by atoms with Gasteiger partial charge in [-0.25, -0.2) is 8.78 Å². The van der Waals surface area contributed by atoms with Crippen LogP contribution in [0.15, 0.2) is 58.2 Å². The number of phenols is 1. The largest absolute Gasteiger partial charge is 0.508 e. The molecule has 2 unspecified atom stereocenters. The minimum atomic E-state index is -0.634. The summed E-state index contributed by atoms with van der Waals surface area (Å²) in [4.78, 5) is 14.4. The highest BCUT2D eigenvalue weighted by molar-refractivity contribution is 6.28. The van der Waals surface area contributed by atoms with Gasteiger partial charge in [0.1, 0.15) is 29.7 Å². The second-order valence-electron chi connectivity index (χ2n) is 15.6. The lowest BCUT2D eigenvalue weighted by Crippen LogP contribution is -2.52. The number of aromatic hydroxyl groups is 1. The SMILES string of the molecule is C#CC1=C(F)CCc2cc(O)cc(C3=C(F)C(=N/COCC45CCCC4N(CC(CCC)CCC)CCC5)/C(=C(\C)N(CC)CC(C)C)C=N3)c21.C=C. The van der Waals surface area contributed by atoms with Crippen LogP contribution >= 0.6 is 0 Å². The van der Waals surface area contributed by atoms with E-state index in [2.05, 4.69) is 68.5 Å². The van der Waals surface area contributed by atoms with Gasteiger partial charge in [-0.3, -0.25) is 14.9 Å². The minimum absolute atomic E-state index is 0.0158. The molecule has 2 fully saturated rings. The van der Waals surface area contributed by atoms with E-state index >= 15 is 8.78 Å². The second kappa shape index (κ2) is 19.7. The van der Waals surface area contributed by atoms with E-state index in [0.717, 1.165) is 44.1 Å². The molecule has 2 atom stereocenters. The standard InChI is InChI=1S/C43H60F2N4O2.C2H4/c1-8-14-31(15-9-2)26-49-21-13-20-43(19-12-16-38(43)49)27-51-28-47-42-36(30(7)48(11-4)25-29(5)6)24-46-41(40(42)45)35-23-33(50)22-32-17-18-37(44)34(10-3)39(32)35;1-2/h3,22-24,29,31,38,50H,8-9,11-21,25-28H2,1-2,4-7H3;1-2H2/b36-30+,47-42+;. The number of piperidine rings is 1. The van der Waals surface area contributed by atoms with Gasteiger partial charge in [-0.15, -0.1) is 19.6 Å². The molecule has 0 aromatic heterocycles. The molecule has 0 amide bonds. The molecule has 1 saturated carbocycles. The Kier molecular flexibility index (Phi) is 15.7. The molecule has 2 heterocycles. The lowest BCUT2D eigenvalue weighted by atomic mass is 9.75. The Hall–Kier alpha value is -3.54. The van der Waals surface area contributed by atoms with Crippen LogP contribution in [0.3, 0.4) is 0 Å². The number of halogens is 2. The molecular formula is C45H64F2N4O2. The van der Waals surface area contributed by atoms with Crippen LogP contribution < -0.4 is 0 Å². The van der Waals surface area contributed by atoms with E-state index in [1.807, 2.05) is 6.92 Å². The lowest BCUT2D eigenvalue weighted by Gasteiger charge is -2.47. The number of terminal acetylenes is 1. The molecular weight excluding hydrogens is 667 g/mol. The van der Waals surface area contributed by atoms with Gasteiger partial charge in [-0.2, -0.15) is 0 Å². The molecule has 1 aromatic carbocycles. The fourth-order valence-corrected chi connectivity index (χ4v) is 9.28. The third-order valence-corrected chi connectivity index (χ3v) is 11.6. The summed E-state index contributed by atoms with van der Waals surface area (Å²) in [6.45, 7) is 23.5. The highest BCUT2D eigenvalue weighted by Gasteiger charge is 2.48. The van der Waals surface area contributed by atoms with Crippen LogP contribution in [0.2, 0.25) is 0 Å². The monoisotopic (exact) mass is 730 g/mol. The van der Waals surface area contributed by atoms with Crippen molar-refractivity contribution in [1.29, 1.82) is 0 Å². The number of aryl methyl sites for hydroxylation is 1. The molecule has 1 saturated heterocycles. The first-order valence-electron chi connectivity index (χ1n) is 20.1. The van der Waals surface area contributed by atoms with E-state index < -0.39 is 11.7 Å². The molecule has 5 rings (SSSR count). The summed E-state index contributed by atoms with van der Waals surface area (Å²) < 4.78 is 38.5. The van der Waals surface area contributed by atoms with E-state index in [1.165, 1.54) is 57.6 Å². The Morgan fingerprint density at radius 3 is 2.53 bits per heavy atom. The van der Waals surface area contributed by atoms with Crippen molar-refractivity contribution in [2.24, 2.45) is 27.2 Å². The van der Waals surface area contributed by atoms with Crippen molar-refractivity contribution in [2.45, 2.75) is 118 Å². The van der Waals surface area contributed by atoms with Crippen molar-refractivity contribution in [1.82, 2.24) is 9.80 Å². The molecule has 0 spiro atoms. The Labute approximate surface area is 318 Å². The van der Waals surface area contributed by atoms with Gasteiger partial charge in [0, 0.05) is 66.1 Å². The van der Waals surface area contributed by atoms with Crippen molar-refractivity contribution in [3.8, 4) is 18.1 Å². The molecule has 0 radical (unpaired) electrons. The average Bonchev–Trinajstić information content (AvgIpc) is 3.58. The van der Waals surface area contributed by atoms with Crippen LogP contribution in [0.4, 0.5) is 8.78 Å². The molecule has 1 aromatic rings. The predicted molar refractivity (Wildman–Crippen MR) is 218 cm³/mol. The number of rotatable bonds is 15. The summed E-state index contributed by atoms with van der Waals surface area (Å²) in [7, 11) is 0. The number of likely N-dealkylation sites (tertiary alicyclic amines) is 1. The molecule has 2 aliphatic carbocycles. The summed E-state index contributed by atoms with van der Waals surface area (Å²) in [5, 5.41) is 10.7. The Morgan fingerprint density at radius 2 is 1.87 bits per heavy atom. The molecule has 53 heavy (non-hydrogen) atoms. The van der Waals surface area contributed by atoms with Gasteiger partial charge in [-0.05, 0) is 94.9 Å². The van der Waals surface area contributed by atoms with E-state index in [9.17, 15) is 5.11 Å². The molecule has 6 nitrogen and oxygen atoms in total. The Balaban J connectivity index is 0.00000308. The third-order valence-electron chi connectivity index (χ3n) is 11.6. The third kappa shape index (κ3) is 9.59. The average molecular weight is 731 g/mol. The van der Waals surface area contributed by atoms with Crippen molar-refractivity contribution >= 4 is 23.2 Å². The molecule has 290 valence electrons. The number of ether oxygens (including phenoxy) is 1. The summed E-state index contributed by atoms with van der Waals surface area (Å²) in [5.41, 5.74) is 3.14. The number of hydrogen-bond acceptors (Lipinski definition) is 6. The quantitative estimate of drug-likeness (QED) is 0.111. The van der Waals surface area contributed by atoms with E-state index in [4.69, 9.17) is 16.2 Å². The Bertz CT molecular complexity index is 1630. The van der Waals surface area contributed by atoms with Crippen LogP contribution in [-0.2, 0) is 11.2 Å². The number of nitrogens with zero attached hydrogens (tertiary/aromatic N) is 4. The van der Waals surface area contributed by atoms with Crippen molar-refractivity contribution < 1.29 is 18.6 Å². The van der Waals surface area contributed by atoms with Crippen LogP contribution in [0.5, 0.6) is 5.75 Å². The van der Waals surface area contributed by atoms with Gasteiger partial charge >= 0.3 is 0 Å². The number of phenolic OH excluding ortho intramolecular Hbond substituents is 1. The van der Waals surface area contributed by atoms with Crippen LogP contribution in [-0.4, -0.2) is 72.4 Å². The van der Waals surface area contributed by atoms with E-state index in [-0.39, 0.29) is 46.9 Å². The first kappa shape index (κ1) is 42.2. The second-order valence-corrected chi connectivity index (χ2v) is 15.6. The highest BCUT2D eigenvalue weighted by Crippen LogP contribution is 2.48. The molecule has 8 heteroatoms. The van der Waals surface area contributed by atoms with Gasteiger partial charge in [0.2, 0.25) is 0 Å². The maximum Gasteiger partial charge on any atom is 0.175 e. The van der Waals surface area contributed by atoms with Gasteiger partial charge in [0.15, 0.2) is 5.83 Å². The van der Waals surface area contributed by atoms with Crippen LogP contribution in [0, 0.1) is 29.6 Å². The predicted octanol–water partition coefficient (Wildman–Crippen LogP) is 10.7. The summed E-state index contributed by atoms with van der Waals surface area (Å²) >= 11 is 0. The summed E-state index contributed by atoms with van der Waals surface area (Å²) in [5.74, 6) is 2.52. The molecule has 1 N–H and O–H groups in total. The summed E-state index contributed by atoms with van der Waals surface area (Å²) in [6.07, 6.45) is 18.8. The lowest BCUT2D eigenvalue weighted by molar-refractivity contribution is -0.0387. The minimum Gasteiger partial charge on any atom is -0.508 e. The normalized spacial score (nSPS) is 23.3. The van der Waals surface area contributed by atoms with Gasteiger partial charge in [0.05, 0.1) is 12.2 Å². The van der Waals surface area contributed by atoms with Crippen molar-refractivity contribution in [2.75, 3.05) is 39.5 Å². The summed E-state index contributed by atoms with van der Waals surface area (Å²) in [6, 6.07) is 3.52. The van der Waals surface area contributed by atoms with Gasteiger partial charge < -0.3 is 14.7 Å². The van der Waals surface area contributed by atoms with E-state index in [0.29, 0.717) is 41.7 Å². The number of allylic oxidation sites excluding steroid dienone is 5. The van der Waals surface area contributed by atoms with Gasteiger partial charge in [-0.1, -0.05) is 52.9 Å². The number of hydrogen-bond donors (Lipinski definition) is 1. The van der Waals surface area contributed by atoms with Crippen molar-refractivity contribution in [3.05, 3.63) is 64.9 Å². The first-order chi connectivity index (χ1) is 25.6. The zero-order valence-corrected chi connectivity index (χ0v) is 33.4. The zero-order chi connectivity index (χ0) is 38.7. The van der Waals surface area contributed by atoms with E-state index in [1.54, 1.807) is 12.3 Å². The fraction of sp³-hybridized carbons (Fsp3) is 0.600. The number of fused-ring (bicyclic) bond motifs is 2. The number of benzene rings is 1. The maximum atomic E-state index is 17.0. The zero-order valence-electron chi connectivity index (χ0n) is 33.4. The highest BCUT2D eigenvalue weighted by atomic mass is 19.1. The van der Waals surface area contributed by atoms with Gasteiger partial charge in [0.25, 0.3) is 0 Å². The van der Waals surface area contributed by atoms with Crippen LogP contribution in [0.1, 0.15) is 122 Å². The number of aliphatic imine (C=N–C) groups is 2. The van der Waals surface area contributed by atoms with Crippen molar-refractivity contribution in [3.63, 3.8) is 0 Å².